The molecule has 1 heterocycles. The van der Waals surface area contributed by atoms with Crippen LogP contribution < -0.4 is 0 Å². The Bertz CT molecular complexity index is 413. The maximum Gasteiger partial charge on any atom is 0.0928 e. The van der Waals surface area contributed by atoms with Gasteiger partial charge in [-0.15, -0.1) is 0 Å². The molecule has 0 spiro atoms. The van der Waals surface area contributed by atoms with Crippen LogP contribution in [0.5, 0.6) is 0 Å². The Labute approximate surface area is 110 Å². The highest BCUT2D eigenvalue weighted by Crippen LogP contribution is 2.44. The summed E-state index contributed by atoms with van der Waals surface area (Å²) in [5.41, 5.74) is 2.41. The summed E-state index contributed by atoms with van der Waals surface area (Å²) in [5, 5.41) is 10.3. The Morgan fingerprint density at radius 1 is 1.22 bits per heavy atom. The van der Waals surface area contributed by atoms with Gasteiger partial charge in [-0.05, 0) is 35.8 Å². The second-order valence-electron chi connectivity index (χ2n) is 6.42. The van der Waals surface area contributed by atoms with Crippen molar-refractivity contribution in [2.45, 2.75) is 44.8 Å². The third-order valence-electron chi connectivity index (χ3n) is 4.38. The molecular formula is C16H23NO. The molecule has 1 N–H and O–H groups in total. The third kappa shape index (κ3) is 2.32. The molecule has 2 heteroatoms. The quantitative estimate of drug-likeness (QED) is 0.881. The summed E-state index contributed by atoms with van der Waals surface area (Å²) >= 11 is 0. The van der Waals surface area contributed by atoms with Gasteiger partial charge in [0, 0.05) is 19.6 Å². The molecule has 18 heavy (non-hydrogen) atoms. The largest absolute Gasteiger partial charge is 0.387 e. The van der Waals surface area contributed by atoms with Crippen LogP contribution in [-0.4, -0.2) is 28.7 Å². The van der Waals surface area contributed by atoms with Crippen molar-refractivity contribution < 1.29 is 5.11 Å². The fourth-order valence-corrected chi connectivity index (χ4v) is 2.98. The number of benzene rings is 1. The maximum atomic E-state index is 10.3. The summed E-state index contributed by atoms with van der Waals surface area (Å²) in [7, 11) is 0. The zero-order chi connectivity index (χ0) is 12.8. The number of likely N-dealkylation sites (tertiary alicyclic amines) is 1. The van der Waals surface area contributed by atoms with E-state index >= 15 is 0 Å². The van der Waals surface area contributed by atoms with Crippen LogP contribution in [-0.2, 0) is 6.54 Å². The Balaban J connectivity index is 1.54. The number of hydrogen-bond donors (Lipinski definition) is 1. The standard InChI is InChI=1S/C16H23NO/c1-12(2)14-5-3-13(4-6-14)9-17-10-16(18,11-17)15-7-8-15/h3-6,12,15,18H,7-11H2,1-2H3. The lowest BCUT2D eigenvalue weighted by Crippen LogP contribution is -2.62. The maximum absolute atomic E-state index is 10.3. The Hall–Kier alpha value is -0.860. The summed E-state index contributed by atoms with van der Waals surface area (Å²) in [5.74, 6) is 1.19. The van der Waals surface area contributed by atoms with Gasteiger partial charge in [0.05, 0.1) is 5.60 Å². The van der Waals surface area contributed by atoms with E-state index in [1.165, 1.54) is 24.0 Å². The highest BCUT2D eigenvalue weighted by molar-refractivity contribution is 5.25. The number of hydrogen-bond acceptors (Lipinski definition) is 2. The molecule has 0 atom stereocenters. The molecule has 1 aliphatic heterocycles. The fraction of sp³-hybridized carbons (Fsp3) is 0.625. The van der Waals surface area contributed by atoms with Gasteiger partial charge < -0.3 is 5.11 Å². The van der Waals surface area contributed by atoms with Gasteiger partial charge in [-0.2, -0.15) is 0 Å². The summed E-state index contributed by atoms with van der Waals surface area (Å²) < 4.78 is 0. The zero-order valence-electron chi connectivity index (χ0n) is 11.4. The van der Waals surface area contributed by atoms with Crippen LogP contribution in [0.4, 0.5) is 0 Å². The van der Waals surface area contributed by atoms with E-state index in [0.717, 1.165) is 19.6 Å². The summed E-state index contributed by atoms with van der Waals surface area (Å²) in [6, 6.07) is 8.91. The van der Waals surface area contributed by atoms with Gasteiger partial charge >= 0.3 is 0 Å². The monoisotopic (exact) mass is 245 g/mol. The molecule has 98 valence electrons. The van der Waals surface area contributed by atoms with Crippen molar-refractivity contribution in [3.05, 3.63) is 35.4 Å². The third-order valence-corrected chi connectivity index (χ3v) is 4.38. The molecule has 1 aromatic carbocycles. The second kappa shape index (κ2) is 4.36. The van der Waals surface area contributed by atoms with E-state index in [0.29, 0.717) is 11.8 Å². The lowest BCUT2D eigenvalue weighted by atomic mass is 9.88. The van der Waals surface area contributed by atoms with Crippen molar-refractivity contribution in [3.8, 4) is 0 Å². The molecule has 0 unspecified atom stereocenters. The van der Waals surface area contributed by atoms with Crippen LogP contribution in [0.15, 0.2) is 24.3 Å². The summed E-state index contributed by atoms with van der Waals surface area (Å²) in [6.07, 6.45) is 2.46. The van der Waals surface area contributed by atoms with Gasteiger partial charge in [-0.25, -0.2) is 0 Å². The molecule has 1 saturated heterocycles. The van der Waals surface area contributed by atoms with Crippen molar-refractivity contribution >= 4 is 0 Å². The predicted molar refractivity (Wildman–Crippen MR) is 73.5 cm³/mol. The molecule has 2 fully saturated rings. The predicted octanol–water partition coefficient (Wildman–Crippen LogP) is 2.77. The highest BCUT2D eigenvalue weighted by atomic mass is 16.3. The van der Waals surface area contributed by atoms with Crippen LogP contribution in [0.3, 0.4) is 0 Å². The first-order valence-corrected chi connectivity index (χ1v) is 7.10. The Morgan fingerprint density at radius 3 is 2.33 bits per heavy atom. The molecule has 0 aromatic heterocycles. The van der Waals surface area contributed by atoms with Crippen molar-refractivity contribution in [1.29, 1.82) is 0 Å². The van der Waals surface area contributed by atoms with Crippen molar-refractivity contribution in [1.82, 2.24) is 4.90 Å². The minimum atomic E-state index is -0.349. The van der Waals surface area contributed by atoms with Gasteiger partial charge in [0.2, 0.25) is 0 Å². The molecule has 1 saturated carbocycles. The van der Waals surface area contributed by atoms with Crippen LogP contribution >= 0.6 is 0 Å². The molecular weight excluding hydrogens is 222 g/mol. The number of aliphatic hydroxyl groups is 1. The number of nitrogens with zero attached hydrogens (tertiary/aromatic N) is 1. The average molecular weight is 245 g/mol. The SMILES string of the molecule is CC(C)c1ccc(CN2CC(O)(C3CC3)C2)cc1. The smallest absolute Gasteiger partial charge is 0.0928 e. The van der Waals surface area contributed by atoms with E-state index in [1.54, 1.807) is 0 Å². The first kappa shape index (κ1) is 12.2. The highest BCUT2D eigenvalue weighted by Gasteiger charge is 2.51. The molecule has 1 aromatic rings. The lowest BCUT2D eigenvalue weighted by molar-refractivity contribution is -0.116. The van der Waals surface area contributed by atoms with E-state index in [-0.39, 0.29) is 5.60 Å². The van der Waals surface area contributed by atoms with E-state index in [4.69, 9.17) is 0 Å². The molecule has 1 aliphatic carbocycles. The van der Waals surface area contributed by atoms with Crippen molar-refractivity contribution in [2.24, 2.45) is 5.92 Å². The minimum Gasteiger partial charge on any atom is -0.387 e. The van der Waals surface area contributed by atoms with Crippen LogP contribution in [0.25, 0.3) is 0 Å². The first-order valence-electron chi connectivity index (χ1n) is 7.10. The van der Waals surface area contributed by atoms with E-state index in [1.807, 2.05) is 0 Å². The number of β-amino-alcohol motifs (C(OH)–C–C–N with tert-alkyl or cyclic N) is 1. The normalized spacial score (nSPS) is 23.1. The Morgan fingerprint density at radius 2 is 1.83 bits per heavy atom. The van der Waals surface area contributed by atoms with E-state index in [2.05, 4.69) is 43.0 Å². The first-order chi connectivity index (χ1) is 8.57. The van der Waals surface area contributed by atoms with Gasteiger partial charge in [-0.1, -0.05) is 38.1 Å². The van der Waals surface area contributed by atoms with Crippen LogP contribution in [0, 0.1) is 5.92 Å². The number of rotatable bonds is 4. The van der Waals surface area contributed by atoms with Gasteiger partial charge in [0.15, 0.2) is 0 Å². The topological polar surface area (TPSA) is 23.5 Å². The summed E-state index contributed by atoms with van der Waals surface area (Å²) in [6.45, 7) is 7.15. The Kier molecular flexibility index (Phi) is 2.95. The van der Waals surface area contributed by atoms with Gasteiger partial charge in [-0.3, -0.25) is 4.90 Å². The molecule has 0 amide bonds. The zero-order valence-corrected chi connectivity index (χ0v) is 11.4. The van der Waals surface area contributed by atoms with Crippen molar-refractivity contribution in [3.63, 3.8) is 0 Å². The molecule has 0 bridgehead atoms. The van der Waals surface area contributed by atoms with Crippen LogP contribution in [0.2, 0.25) is 0 Å². The van der Waals surface area contributed by atoms with Crippen LogP contribution in [0.1, 0.15) is 43.7 Å². The van der Waals surface area contributed by atoms with Crippen molar-refractivity contribution in [2.75, 3.05) is 13.1 Å². The molecule has 0 radical (unpaired) electrons. The minimum absolute atomic E-state index is 0.349. The average Bonchev–Trinajstić information content (AvgIpc) is 3.11. The molecule has 2 nitrogen and oxygen atoms in total. The molecule has 3 rings (SSSR count). The van der Waals surface area contributed by atoms with Gasteiger partial charge in [0.1, 0.15) is 0 Å². The fourth-order valence-electron chi connectivity index (χ4n) is 2.98. The molecule has 2 aliphatic rings. The van der Waals surface area contributed by atoms with E-state index < -0.39 is 0 Å². The lowest BCUT2D eigenvalue weighted by Gasteiger charge is -2.47. The summed E-state index contributed by atoms with van der Waals surface area (Å²) in [4.78, 5) is 2.35. The second-order valence-corrected chi connectivity index (χ2v) is 6.42. The van der Waals surface area contributed by atoms with E-state index in [9.17, 15) is 5.11 Å². The van der Waals surface area contributed by atoms with Gasteiger partial charge in [0.25, 0.3) is 0 Å².